The molecular formula is C16H12N2O4S. The van der Waals surface area contributed by atoms with Crippen molar-refractivity contribution in [3.8, 4) is 5.75 Å². The lowest BCUT2D eigenvalue weighted by Crippen LogP contribution is -1.83. The molecule has 6 nitrogen and oxygen atoms in total. The fourth-order valence-electron chi connectivity index (χ4n) is 2.11. The van der Waals surface area contributed by atoms with E-state index in [0.717, 1.165) is 17.4 Å². The van der Waals surface area contributed by atoms with Gasteiger partial charge in [0.25, 0.3) is 0 Å². The van der Waals surface area contributed by atoms with Crippen molar-refractivity contribution in [2.75, 3.05) is 0 Å². The molecular weight excluding hydrogens is 316 g/mol. The highest BCUT2D eigenvalue weighted by atomic mass is 32.2. The van der Waals surface area contributed by atoms with E-state index in [9.17, 15) is 5.11 Å². The van der Waals surface area contributed by atoms with Gasteiger partial charge in [-0.3, -0.25) is 0 Å². The summed E-state index contributed by atoms with van der Waals surface area (Å²) in [5.74, 6) is -0.0215. The fraction of sp³-hybridized carbons (Fsp3) is 0. The molecule has 0 bridgehead atoms. The number of rotatable bonds is 5. The van der Waals surface area contributed by atoms with Crippen LogP contribution in [-0.2, 0) is 9.37 Å². The Kier molecular flexibility index (Phi) is 4.84. The molecule has 0 radical (unpaired) electrons. The Labute approximate surface area is 136 Å². The molecule has 3 aromatic rings. The number of nitrogens with zero attached hydrogens (tertiary/aromatic N) is 2. The Morgan fingerprint density at radius 1 is 0.913 bits per heavy atom. The van der Waals surface area contributed by atoms with Crippen LogP contribution >= 0.6 is 12.0 Å². The van der Waals surface area contributed by atoms with E-state index < -0.39 is 0 Å². The predicted molar refractivity (Wildman–Crippen MR) is 86.9 cm³/mol. The summed E-state index contributed by atoms with van der Waals surface area (Å²) in [6, 6.07) is 18.2. The SMILES string of the molecule is OOOSc1cc2ccccc2c(O)c1N=Nc1ccccc1. The van der Waals surface area contributed by atoms with Crippen LogP contribution in [0.1, 0.15) is 0 Å². The number of fused-ring (bicyclic) bond motifs is 1. The van der Waals surface area contributed by atoms with Crippen LogP contribution in [0.3, 0.4) is 0 Å². The van der Waals surface area contributed by atoms with Crippen molar-refractivity contribution in [1.29, 1.82) is 0 Å². The highest BCUT2D eigenvalue weighted by molar-refractivity contribution is 7.94. The Morgan fingerprint density at radius 3 is 2.43 bits per heavy atom. The molecule has 0 aliphatic heterocycles. The molecule has 3 rings (SSSR count). The van der Waals surface area contributed by atoms with Crippen molar-refractivity contribution in [3.63, 3.8) is 0 Å². The molecule has 0 aliphatic rings. The lowest BCUT2D eigenvalue weighted by molar-refractivity contribution is -0.432. The van der Waals surface area contributed by atoms with Crippen LogP contribution in [0.15, 0.2) is 75.8 Å². The molecule has 0 unspecified atom stereocenters. The van der Waals surface area contributed by atoms with Crippen LogP contribution in [0.2, 0.25) is 0 Å². The first-order chi connectivity index (χ1) is 11.3. The Morgan fingerprint density at radius 2 is 1.65 bits per heavy atom. The molecule has 0 fully saturated rings. The number of benzene rings is 3. The summed E-state index contributed by atoms with van der Waals surface area (Å²) in [6.07, 6.45) is 0. The van der Waals surface area contributed by atoms with Gasteiger partial charge in [-0.15, -0.1) is 9.45 Å². The molecule has 0 saturated carbocycles. The summed E-state index contributed by atoms with van der Waals surface area (Å²) in [6.45, 7) is 0. The maximum atomic E-state index is 10.5. The first-order valence-electron chi connectivity index (χ1n) is 6.66. The van der Waals surface area contributed by atoms with Crippen molar-refractivity contribution < 1.29 is 19.7 Å². The molecule has 0 aromatic heterocycles. The van der Waals surface area contributed by atoms with Crippen LogP contribution in [0.5, 0.6) is 5.75 Å². The zero-order chi connectivity index (χ0) is 16.1. The van der Waals surface area contributed by atoms with Gasteiger partial charge < -0.3 is 5.11 Å². The van der Waals surface area contributed by atoms with E-state index in [1.54, 1.807) is 24.3 Å². The van der Waals surface area contributed by atoms with E-state index in [-0.39, 0.29) is 11.4 Å². The highest BCUT2D eigenvalue weighted by Gasteiger charge is 2.14. The van der Waals surface area contributed by atoms with Crippen LogP contribution in [0.4, 0.5) is 11.4 Å². The van der Waals surface area contributed by atoms with Crippen LogP contribution in [0.25, 0.3) is 10.8 Å². The van der Waals surface area contributed by atoms with E-state index >= 15 is 0 Å². The smallest absolute Gasteiger partial charge is 0.152 e. The van der Waals surface area contributed by atoms with Crippen molar-refractivity contribution in [3.05, 3.63) is 60.7 Å². The van der Waals surface area contributed by atoms with Crippen molar-refractivity contribution in [2.24, 2.45) is 10.2 Å². The molecule has 23 heavy (non-hydrogen) atoms. The summed E-state index contributed by atoms with van der Waals surface area (Å²) >= 11 is 0.725. The second kappa shape index (κ2) is 7.21. The number of hydrogen-bond acceptors (Lipinski definition) is 7. The van der Waals surface area contributed by atoms with Gasteiger partial charge >= 0.3 is 0 Å². The second-order valence-electron chi connectivity index (χ2n) is 4.55. The summed E-state index contributed by atoms with van der Waals surface area (Å²) < 4.78 is 4.48. The average molecular weight is 328 g/mol. The molecule has 2 N–H and O–H groups in total. The quantitative estimate of drug-likeness (QED) is 0.284. The number of azo groups is 1. The molecule has 7 heteroatoms. The van der Waals surface area contributed by atoms with E-state index in [0.29, 0.717) is 16.0 Å². The lowest BCUT2D eigenvalue weighted by Gasteiger charge is -2.08. The normalized spacial score (nSPS) is 11.3. The van der Waals surface area contributed by atoms with Gasteiger partial charge in [0.15, 0.2) is 5.75 Å². The minimum absolute atomic E-state index is 0.0215. The van der Waals surface area contributed by atoms with Crippen LogP contribution < -0.4 is 0 Å². The number of phenols is 1. The standard InChI is InChI=1S/C16H12N2O4S/c19-16-13-9-5-4-6-11(13)10-14(23-22-21-20)15(16)18-17-12-7-2-1-3-8-12/h1-10,19-20H. The van der Waals surface area contributed by atoms with Gasteiger partial charge in [-0.1, -0.05) is 47.5 Å². The maximum absolute atomic E-state index is 10.5. The summed E-state index contributed by atoms with van der Waals surface area (Å²) in [5, 5.41) is 32.1. The molecule has 0 aliphatic carbocycles. The third kappa shape index (κ3) is 3.49. The topological polar surface area (TPSA) is 83.6 Å². The van der Waals surface area contributed by atoms with Gasteiger partial charge in [-0.25, -0.2) is 5.26 Å². The summed E-state index contributed by atoms with van der Waals surface area (Å²) in [5.41, 5.74) is 0.880. The van der Waals surface area contributed by atoms with Gasteiger partial charge in [0.05, 0.1) is 22.6 Å². The predicted octanol–water partition coefficient (Wildman–Crippen LogP) is 5.39. The zero-order valence-corrected chi connectivity index (χ0v) is 12.6. The minimum atomic E-state index is -0.0215. The summed E-state index contributed by atoms with van der Waals surface area (Å²) in [7, 11) is 0. The minimum Gasteiger partial charge on any atom is -0.505 e. The largest absolute Gasteiger partial charge is 0.505 e. The van der Waals surface area contributed by atoms with E-state index in [1.807, 2.05) is 36.4 Å². The Bertz CT molecular complexity index is 840. The van der Waals surface area contributed by atoms with Gasteiger partial charge in [0.1, 0.15) is 5.69 Å². The molecule has 3 aromatic carbocycles. The summed E-state index contributed by atoms with van der Waals surface area (Å²) in [4.78, 5) is 0.454. The lowest BCUT2D eigenvalue weighted by atomic mass is 10.1. The van der Waals surface area contributed by atoms with Crippen molar-refractivity contribution in [2.45, 2.75) is 4.90 Å². The van der Waals surface area contributed by atoms with Crippen molar-refractivity contribution >= 4 is 34.2 Å². The first kappa shape index (κ1) is 15.4. The fourth-order valence-corrected chi connectivity index (χ4v) is 2.60. The third-order valence-electron chi connectivity index (χ3n) is 3.14. The monoisotopic (exact) mass is 328 g/mol. The van der Waals surface area contributed by atoms with E-state index in [2.05, 4.69) is 19.6 Å². The Balaban J connectivity index is 2.08. The van der Waals surface area contributed by atoms with E-state index in [1.165, 1.54) is 0 Å². The van der Waals surface area contributed by atoms with Gasteiger partial charge in [-0.2, -0.15) is 5.11 Å². The number of aromatic hydroxyl groups is 1. The zero-order valence-electron chi connectivity index (χ0n) is 11.8. The average Bonchev–Trinajstić information content (AvgIpc) is 2.60. The molecule has 0 heterocycles. The second-order valence-corrected chi connectivity index (χ2v) is 5.30. The van der Waals surface area contributed by atoms with Crippen LogP contribution in [0, 0.1) is 0 Å². The van der Waals surface area contributed by atoms with Gasteiger partial charge in [0.2, 0.25) is 0 Å². The number of hydrogen-bond donors (Lipinski definition) is 2. The van der Waals surface area contributed by atoms with Gasteiger partial charge in [0, 0.05) is 5.39 Å². The number of phenolic OH excluding ortho intramolecular Hbond substituents is 1. The molecule has 0 amide bonds. The molecule has 0 atom stereocenters. The molecule has 116 valence electrons. The maximum Gasteiger partial charge on any atom is 0.152 e. The first-order valence-corrected chi connectivity index (χ1v) is 7.40. The molecule has 0 spiro atoms. The van der Waals surface area contributed by atoms with Crippen LogP contribution in [-0.4, -0.2) is 10.4 Å². The molecule has 0 saturated heterocycles. The van der Waals surface area contributed by atoms with E-state index in [4.69, 9.17) is 5.26 Å². The Hall–Kier alpha value is -2.45. The highest BCUT2D eigenvalue weighted by Crippen LogP contribution is 2.43. The van der Waals surface area contributed by atoms with Crippen molar-refractivity contribution in [1.82, 2.24) is 0 Å². The third-order valence-corrected chi connectivity index (χ3v) is 3.76. The van der Waals surface area contributed by atoms with Gasteiger partial charge in [-0.05, 0) is 23.6 Å².